The highest BCUT2D eigenvalue weighted by atomic mass is 35.5. The van der Waals surface area contributed by atoms with Crippen LogP contribution in [-0.2, 0) is 15.6 Å². The number of allylic oxidation sites excluding steroid dienone is 8. The zero-order valence-corrected chi connectivity index (χ0v) is 29.3. The second-order valence-corrected chi connectivity index (χ2v) is 14.5. The first-order chi connectivity index (χ1) is 22.1. The third-order valence-corrected chi connectivity index (χ3v) is 10.7. The highest BCUT2D eigenvalue weighted by Crippen LogP contribution is 2.48. The van der Waals surface area contributed by atoms with E-state index in [9.17, 15) is 4.79 Å². The van der Waals surface area contributed by atoms with Crippen LogP contribution >= 0.6 is 11.6 Å². The molecule has 0 unspecified atom stereocenters. The molecule has 1 aliphatic carbocycles. The summed E-state index contributed by atoms with van der Waals surface area (Å²) in [6.45, 7) is 13.5. The number of halogens is 1. The van der Waals surface area contributed by atoms with E-state index in [1.165, 1.54) is 64.3 Å². The van der Waals surface area contributed by atoms with Crippen molar-refractivity contribution in [1.29, 1.82) is 0 Å². The van der Waals surface area contributed by atoms with Gasteiger partial charge in [0, 0.05) is 58.9 Å². The molecule has 0 bridgehead atoms. The van der Waals surface area contributed by atoms with Crippen LogP contribution in [0.3, 0.4) is 0 Å². The molecule has 3 aliphatic rings. The lowest BCUT2D eigenvalue weighted by Gasteiger charge is -2.27. The van der Waals surface area contributed by atoms with Crippen LogP contribution in [0.25, 0.3) is 0 Å². The van der Waals surface area contributed by atoms with Crippen molar-refractivity contribution in [2.24, 2.45) is 0 Å². The molecule has 1 N–H and O–H groups in total. The Kier molecular flexibility index (Phi) is 10.8. The van der Waals surface area contributed by atoms with Crippen LogP contribution in [0.4, 0.5) is 11.4 Å². The van der Waals surface area contributed by atoms with Crippen LogP contribution in [0.2, 0.25) is 0 Å². The number of benzene rings is 2. The zero-order valence-electron chi connectivity index (χ0n) is 28.5. The number of carboxylic acid groups (broad SMARTS) is 1. The van der Waals surface area contributed by atoms with Crippen molar-refractivity contribution in [3.8, 4) is 0 Å². The van der Waals surface area contributed by atoms with Crippen molar-refractivity contribution in [3.63, 3.8) is 0 Å². The molecule has 0 atom stereocenters. The highest BCUT2D eigenvalue weighted by Gasteiger charge is 2.44. The number of hydrogen-bond donors (Lipinski definition) is 1. The minimum Gasteiger partial charge on any atom is -0.481 e. The second kappa shape index (κ2) is 14.6. The summed E-state index contributed by atoms with van der Waals surface area (Å²) in [4.78, 5) is 13.4. The SMILES string of the molecule is CCCCC[N+]1=C(/C=C/C2=C(Cl)C(=C/C=C3/N(CCCCCC(=O)O)c4ccccc4C3(C)C)/CCC2)C(C)(C)c2ccccc21. The first-order valence-corrected chi connectivity index (χ1v) is 17.8. The minimum atomic E-state index is -0.716. The van der Waals surface area contributed by atoms with Gasteiger partial charge in [-0.3, -0.25) is 4.79 Å². The molecule has 0 saturated heterocycles. The van der Waals surface area contributed by atoms with E-state index in [-0.39, 0.29) is 17.3 Å². The van der Waals surface area contributed by atoms with Gasteiger partial charge in [-0.1, -0.05) is 93.8 Å². The molecule has 4 nitrogen and oxygen atoms in total. The lowest BCUT2D eigenvalue weighted by Crippen LogP contribution is -2.28. The van der Waals surface area contributed by atoms with Crippen LogP contribution in [-0.4, -0.2) is 34.5 Å². The maximum absolute atomic E-state index is 11.0. The Labute approximate surface area is 281 Å². The number of carboxylic acids is 1. The molecule has 5 rings (SSSR count). The minimum absolute atomic E-state index is 0.0652. The molecular weight excluding hydrogens is 588 g/mol. The molecule has 46 heavy (non-hydrogen) atoms. The van der Waals surface area contributed by atoms with Crippen LogP contribution in [0, 0.1) is 0 Å². The molecule has 0 aromatic heterocycles. The van der Waals surface area contributed by atoms with Gasteiger partial charge in [0.15, 0.2) is 5.71 Å². The first kappa shape index (κ1) is 34.0. The third kappa shape index (κ3) is 6.98. The van der Waals surface area contributed by atoms with Gasteiger partial charge in [-0.2, -0.15) is 4.58 Å². The monoisotopic (exact) mass is 639 g/mol. The molecule has 2 aromatic rings. The predicted molar refractivity (Wildman–Crippen MR) is 194 cm³/mol. The van der Waals surface area contributed by atoms with Gasteiger partial charge in [0.05, 0.1) is 5.41 Å². The van der Waals surface area contributed by atoms with Crippen molar-refractivity contribution in [2.75, 3.05) is 18.0 Å². The Bertz CT molecular complexity index is 1600. The third-order valence-electron chi connectivity index (χ3n) is 10.2. The first-order valence-electron chi connectivity index (χ1n) is 17.4. The second-order valence-electron chi connectivity index (χ2n) is 14.2. The Morgan fingerprint density at radius 3 is 2.39 bits per heavy atom. The Hall–Kier alpha value is -3.37. The Morgan fingerprint density at radius 1 is 0.891 bits per heavy atom. The molecule has 0 radical (unpaired) electrons. The molecule has 2 aromatic carbocycles. The lowest BCUT2D eigenvalue weighted by atomic mass is 9.81. The van der Waals surface area contributed by atoms with E-state index in [0.717, 1.165) is 50.2 Å². The van der Waals surface area contributed by atoms with E-state index in [2.05, 4.69) is 117 Å². The van der Waals surface area contributed by atoms with Gasteiger partial charge >= 0.3 is 5.97 Å². The van der Waals surface area contributed by atoms with Crippen LogP contribution in [0.1, 0.15) is 110 Å². The fourth-order valence-electron chi connectivity index (χ4n) is 7.57. The van der Waals surface area contributed by atoms with E-state index in [4.69, 9.17) is 16.7 Å². The average Bonchev–Trinajstić information content (AvgIpc) is 3.38. The maximum Gasteiger partial charge on any atom is 0.303 e. The smallest absolute Gasteiger partial charge is 0.303 e. The number of rotatable bonds is 13. The van der Waals surface area contributed by atoms with Gasteiger partial charge < -0.3 is 10.0 Å². The summed E-state index contributed by atoms with van der Waals surface area (Å²) in [5.41, 5.74) is 10.2. The number of hydrogen-bond acceptors (Lipinski definition) is 2. The molecular formula is C41H52ClN2O2+. The summed E-state index contributed by atoms with van der Waals surface area (Å²) in [6.07, 6.45) is 18.7. The van der Waals surface area contributed by atoms with E-state index in [0.29, 0.717) is 6.42 Å². The number of anilines is 1. The van der Waals surface area contributed by atoms with E-state index < -0.39 is 5.97 Å². The van der Waals surface area contributed by atoms with Gasteiger partial charge in [0.2, 0.25) is 5.69 Å². The van der Waals surface area contributed by atoms with Crippen molar-refractivity contribution in [3.05, 3.63) is 106 Å². The molecule has 0 saturated carbocycles. The van der Waals surface area contributed by atoms with Crippen molar-refractivity contribution in [1.82, 2.24) is 0 Å². The van der Waals surface area contributed by atoms with E-state index >= 15 is 0 Å². The van der Waals surface area contributed by atoms with Crippen LogP contribution in [0.15, 0.2) is 94.7 Å². The van der Waals surface area contributed by atoms with Crippen molar-refractivity contribution in [2.45, 2.75) is 110 Å². The van der Waals surface area contributed by atoms with E-state index in [1.54, 1.807) is 0 Å². The number of unbranched alkanes of at least 4 members (excludes halogenated alkanes) is 4. The molecule has 0 amide bonds. The maximum atomic E-state index is 11.0. The lowest BCUT2D eigenvalue weighted by molar-refractivity contribution is -0.438. The molecule has 0 fully saturated rings. The molecule has 0 spiro atoms. The topological polar surface area (TPSA) is 43.5 Å². The van der Waals surface area contributed by atoms with Gasteiger partial charge in [-0.15, -0.1) is 0 Å². The van der Waals surface area contributed by atoms with Crippen molar-refractivity contribution >= 4 is 34.7 Å². The number of carbonyl (C=O) groups is 1. The summed E-state index contributed by atoms with van der Waals surface area (Å²) < 4.78 is 2.54. The summed E-state index contributed by atoms with van der Waals surface area (Å²) in [5.74, 6) is -0.716. The number of aliphatic carboxylic acids is 1. The molecule has 2 heterocycles. The van der Waals surface area contributed by atoms with Gasteiger partial charge in [0.1, 0.15) is 6.54 Å². The Morgan fingerprint density at radius 2 is 1.63 bits per heavy atom. The Balaban J connectivity index is 1.43. The van der Waals surface area contributed by atoms with Gasteiger partial charge in [0.25, 0.3) is 0 Å². The average molecular weight is 640 g/mol. The fraction of sp³-hybridized carbons (Fsp3) is 0.463. The molecule has 5 heteroatoms. The van der Waals surface area contributed by atoms with Gasteiger partial charge in [-0.25, -0.2) is 0 Å². The van der Waals surface area contributed by atoms with Crippen LogP contribution < -0.4 is 4.90 Å². The quantitative estimate of drug-likeness (QED) is 0.175. The summed E-state index contributed by atoms with van der Waals surface area (Å²) in [7, 11) is 0. The predicted octanol–water partition coefficient (Wildman–Crippen LogP) is 10.7. The fourth-order valence-corrected chi connectivity index (χ4v) is 7.89. The van der Waals surface area contributed by atoms with Crippen molar-refractivity contribution < 1.29 is 14.5 Å². The largest absolute Gasteiger partial charge is 0.481 e. The molecule has 2 aliphatic heterocycles. The summed E-state index contributed by atoms with van der Waals surface area (Å²) >= 11 is 7.21. The normalized spacial score (nSPS) is 20.3. The number of para-hydroxylation sites is 2. The highest BCUT2D eigenvalue weighted by molar-refractivity contribution is 6.32. The number of nitrogens with zero attached hydrogens (tertiary/aromatic N) is 2. The zero-order chi connectivity index (χ0) is 32.9. The molecule has 244 valence electrons. The summed E-state index contributed by atoms with van der Waals surface area (Å²) in [5, 5.41) is 9.94. The standard InChI is InChI=1S/C41H51ClN2O2/c1-6-7-14-28-43-34-21-12-10-19-32(34)40(2,3)36(43)26-24-30-17-16-18-31(39(30)42)25-27-37-41(4,5)33-20-11-13-22-35(33)44(37)29-15-8-9-23-38(45)46/h10-13,19-22,24-27H,6-9,14-18,23,28-29H2,1-5H3/p+1. The summed E-state index contributed by atoms with van der Waals surface area (Å²) in [6, 6.07) is 17.6. The van der Waals surface area contributed by atoms with Gasteiger partial charge in [-0.05, 0) is 81.2 Å². The van der Waals surface area contributed by atoms with Crippen LogP contribution in [0.5, 0.6) is 0 Å². The number of fused-ring (bicyclic) bond motifs is 2. The van der Waals surface area contributed by atoms with E-state index in [1.807, 2.05) is 0 Å².